The van der Waals surface area contributed by atoms with Crippen LogP contribution in [-0.2, 0) is 14.3 Å². The van der Waals surface area contributed by atoms with Crippen molar-refractivity contribution in [3.05, 3.63) is 24.3 Å². The van der Waals surface area contributed by atoms with Gasteiger partial charge in [-0.25, -0.2) is 0 Å². The minimum absolute atomic E-state index is 0.0644. The normalized spacial score (nSPS) is 13.4. The molecule has 0 saturated heterocycles. The van der Waals surface area contributed by atoms with Crippen LogP contribution in [0.1, 0.15) is 265 Å². The molecule has 3 N–H and O–H groups in total. The zero-order chi connectivity index (χ0) is 41.7. The van der Waals surface area contributed by atoms with Crippen molar-refractivity contribution in [1.29, 1.82) is 0 Å². The molecule has 6 nitrogen and oxygen atoms in total. The lowest BCUT2D eigenvalue weighted by atomic mass is 10.0. The Bertz CT molecular complexity index is 904. The van der Waals surface area contributed by atoms with Gasteiger partial charge in [0.05, 0.1) is 25.2 Å². The van der Waals surface area contributed by atoms with Gasteiger partial charge in [-0.2, -0.15) is 0 Å². The van der Waals surface area contributed by atoms with Crippen LogP contribution in [0.3, 0.4) is 0 Å². The lowest BCUT2D eigenvalue weighted by Crippen LogP contribution is -2.46. The number of carbonyl (C=O) groups is 2. The smallest absolute Gasteiger partial charge is 0.306 e. The SMILES string of the molecule is CCCCCCCCC/C=C/C=C/CCCCCC(CC(=O)NC(CO)C(O)CCCCCCCCCCCCCCC)OC(=O)CCCCCCCCCCC. The largest absolute Gasteiger partial charge is 0.462 e. The summed E-state index contributed by atoms with van der Waals surface area (Å²) in [5, 5.41) is 23.7. The summed E-state index contributed by atoms with van der Waals surface area (Å²) in [6.45, 7) is 6.46. The molecule has 0 rings (SSSR count). The van der Waals surface area contributed by atoms with Gasteiger partial charge < -0.3 is 20.3 Å². The molecule has 0 aliphatic rings. The molecule has 0 bridgehead atoms. The Morgan fingerprint density at radius 1 is 0.509 bits per heavy atom. The van der Waals surface area contributed by atoms with E-state index in [9.17, 15) is 19.8 Å². The van der Waals surface area contributed by atoms with Gasteiger partial charge in [-0.05, 0) is 51.4 Å². The van der Waals surface area contributed by atoms with E-state index in [1.54, 1.807) is 0 Å². The highest BCUT2D eigenvalue weighted by Crippen LogP contribution is 2.17. The predicted molar refractivity (Wildman–Crippen MR) is 246 cm³/mol. The average Bonchev–Trinajstić information content (AvgIpc) is 3.20. The van der Waals surface area contributed by atoms with Crippen LogP contribution < -0.4 is 5.32 Å². The maximum Gasteiger partial charge on any atom is 0.306 e. The lowest BCUT2D eigenvalue weighted by Gasteiger charge is -2.24. The Labute approximate surface area is 354 Å². The summed E-state index contributed by atoms with van der Waals surface area (Å²) in [7, 11) is 0. The number of aliphatic hydroxyl groups excluding tert-OH is 2. The van der Waals surface area contributed by atoms with Crippen molar-refractivity contribution in [2.45, 2.75) is 283 Å². The van der Waals surface area contributed by atoms with Crippen molar-refractivity contribution in [2.24, 2.45) is 0 Å². The van der Waals surface area contributed by atoms with Crippen molar-refractivity contribution < 1.29 is 24.5 Å². The number of amides is 1. The highest BCUT2D eigenvalue weighted by molar-refractivity contribution is 5.77. The van der Waals surface area contributed by atoms with Crippen molar-refractivity contribution in [3.63, 3.8) is 0 Å². The molecule has 0 aliphatic carbocycles. The summed E-state index contributed by atoms with van der Waals surface area (Å²) in [6, 6.07) is -0.704. The number of unbranched alkanes of at least 4 members (excludes halogenated alkanes) is 30. The third-order valence-corrected chi connectivity index (χ3v) is 11.6. The zero-order valence-corrected chi connectivity index (χ0v) is 38.2. The third-order valence-electron chi connectivity index (χ3n) is 11.6. The molecule has 57 heavy (non-hydrogen) atoms. The summed E-state index contributed by atoms with van der Waals surface area (Å²) >= 11 is 0. The Morgan fingerprint density at radius 2 is 0.877 bits per heavy atom. The number of ether oxygens (including phenoxy) is 1. The minimum atomic E-state index is -0.789. The lowest BCUT2D eigenvalue weighted by molar-refractivity contribution is -0.151. The molecule has 3 unspecified atom stereocenters. The fourth-order valence-electron chi connectivity index (χ4n) is 7.72. The molecule has 0 spiro atoms. The van der Waals surface area contributed by atoms with Crippen LogP contribution in [0, 0.1) is 0 Å². The predicted octanol–water partition coefficient (Wildman–Crippen LogP) is 14.7. The Hall–Kier alpha value is -1.66. The molecule has 0 fully saturated rings. The van der Waals surface area contributed by atoms with Gasteiger partial charge in [0.25, 0.3) is 0 Å². The molecule has 336 valence electrons. The van der Waals surface area contributed by atoms with Crippen LogP contribution in [-0.4, -0.2) is 46.9 Å². The van der Waals surface area contributed by atoms with E-state index in [1.807, 2.05) is 0 Å². The first kappa shape index (κ1) is 55.3. The van der Waals surface area contributed by atoms with Gasteiger partial charge in [0, 0.05) is 6.42 Å². The number of hydrogen-bond donors (Lipinski definition) is 3. The summed E-state index contributed by atoms with van der Waals surface area (Å²) < 4.78 is 5.90. The quantitative estimate of drug-likeness (QED) is 0.0324. The fraction of sp³-hybridized carbons (Fsp3) is 0.882. The van der Waals surface area contributed by atoms with Gasteiger partial charge in [0.2, 0.25) is 5.91 Å². The van der Waals surface area contributed by atoms with Crippen molar-refractivity contribution >= 4 is 11.9 Å². The van der Waals surface area contributed by atoms with Gasteiger partial charge in [-0.15, -0.1) is 0 Å². The molecule has 6 heteroatoms. The zero-order valence-electron chi connectivity index (χ0n) is 38.2. The molecular weight excluding hydrogens is 707 g/mol. The maximum atomic E-state index is 13.2. The first-order valence-electron chi connectivity index (χ1n) is 25.1. The van der Waals surface area contributed by atoms with Gasteiger partial charge in [-0.1, -0.05) is 225 Å². The maximum absolute atomic E-state index is 13.2. The van der Waals surface area contributed by atoms with Gasteiger partial charge >= 0.3 is 5.97 Å². The second-order valence-corrected chi connectivity index (χ2v) is 17.3. The van der Waals surface area contributed by atoms with Crippen molar-refractivity contribution in [1.82, 2.24) is 5.32 Å². The fourth-order valence-corrected chi connectivity index (χ4v) is 7.72. The molecule has 0 aromatic rings. The van der Waals surface area contributed by atoms with E-state index >= 15 is 0 Å². The number of hydrogen-bond acceptors (Lipinski definition) is 5. The molecule has 3 atom stereocenters. The summed E-state index contributed by atoms with van der Waals surface area (Å²) in [5.41, 5.74) is 0. The standard InChI is InChI=1S/C51H97NO5/c1-4-7-10-13-16-19-21-23-24-25-27-28-31-33-36-39-42-47(57-51(56)44-41-38-35-30-18-15-12-9-6-3)45-50(55)52-48(46-53)49(54)43-40-37-34-32-29-26-22-20-17-14-11-8-5-2/h24-25,27-28,47-49,53-54H,4-23,26,29-46H2,1-3H3,(H,52,55)/b25-24+,28-27+. The first-order chi connectivity index (χ1) is 28.0. The molecule has 0 saturated carbocycles. The molecule has 0 aromatic carbocycles. The van der Waals surface area contributed by atoms with Crippen LogP contribution in [0.15, 0.2) is 24.3 Å². The van der Waals surface area contributed by atoms with E-state index in [4.69, 9.17) is 4.74 Å². The number of aliphatic hydroxyl groups is 2. The Kier molecular flexibility index (Phi) is 44.1. The Morgan fingerprint density at radius 3 is 1.32 bits per heavy atom. The van der Waals surface area contributed by atoms with E-state index in [0.717, 1.165) is 70.6 Å². The number of allylic oxidation sites excluding steroid dienone is 4. The minimum Gasteiger partial charge on any atom is -0.462 e. The van der Waals surface area contributed by atoms with E-state index in [0.29, 0.717) is 19.3 Å². The van der Waals surface area contributed by atoms with E-state index in [-0.39, 0.29) is 24.9 Å². The van der Waals surface area contributed by atoms with E-state index in [1.165, 1.54) is 148 Å². The molecule has 0 aliphatic heterocycles. The van der Waals surface area contributed by atoms with Crippen LogP contribution >= 0.6 is 0 Å². The van der Waals surface area contributed by atoms with Gasteiger partial charge in [0.1, 0.15) is 6.10 Å². The Balaban J connectivity index is 4.58. The monoisotopic (exact) mass is 804 g/mol. The first-order valence-corrected chi connectivity index (χ1v) is 25.1. The average molecular weight is 804 g/mol. The van der Waals surface area contributed by atoms with E-state index < -0.39 is 18.2 Å². The van der Waals surface area contributed by atoms with Gasteiger partial charge in [0.15, 0.2) is 0 Å². The highest BCUT2D eigenvalue weighted by Gasteiger charge is 2.24. The second-order valence-electron chi connectivity index (χ2n) is 17.3. The van der Waals surface area contributed by atoms with Crippen molar-refractivity contribution in [3.8, 4) is 0 Å². The molecule has 1 amide bonds. The molecule has 0 aromatic heterocycles. The van der Waals surface area contributed by atoms with Crippen LogP contribution in [0.2, 0.25) is 0 Å². The summed E-state index contributed by atoms with van der Waals surface area (Å²) in [4.78, 5) is 26.0. The third kappa shape index (κ3) is 40.9. The van der Waals surface area contributed by atoms with E-state index in [2.05, 4.69) is 50.4 Å². The molecule has 0 radical (unpaired) electrons. The highest BCUT2D eigenvalue weighted by atomic mass is 16.5. The topological polar surface area (TPSA) is 95.9 Å². The van der Waals surface area contributed by atoms with Gasteiger partial charge in [-0.3, -0.25) is 9.59 Å². The number of carbonyl (C=O) groups excluding carboxylic acids is 2. The second kappa shape index (κ2) is 45.4. The number of esters is 1. The van der Waals surface area contributed by atoms with Crippen molar-refractivity contribution in [2.75, 3.05) is 6.61 Å². The summed E-state index contributed by atoms with van der Waals surface area (Å²) in [6.07, 6.45) is 51.0. The summed E-state index contributed by atoms with van der Waals surface area (Å²) in [5.74, 6) is -0.492. The number of nitrogens with one attached hydrogen (secondary N) is 1. The van der Waals surface area contributed by atoms with Crippen LogP contribution in [0.5, 0.6) is 0 Å². The molecular formula is C51H97NO5. The van der Waals surface area contributed by atoms with Crippen LogP contribution in [0.4, 0.5) is 0 Å². The molecule has 0 heterocycles. The van der Waals surface area contributed by atoms with Crippen LogP contribution in [0.25, 0.3) is 0 Å². The number of rotatable bonds is 45.